The van der Waals surface area contributed by atoms with E-state index in [0.717, 1.165) is 29.5 Å². The molecule has 2 heteroatoms. The van der Waals surface area contributed by atoms with Gasteiger partial charge in [-0.15, -0.1) is 0 Å². The molecule has 0 aliphatic rings. The summed E-state index contributed by atoms with van der Waals surface area (Å²) in [6, 6.07) is 15.8. The Bertz CT molecular complexity index is 589. The zero-order valence-electron chi connectivity index (χ0n) is 11.9. The number of benzene rings is 2. The van der Waals surface area contributed by atoms with E-state index < -0.39 is 0 Å². The molecule has 0 saturated heterocycles. The maximum Gasteiger partial charge on any atom is 0.167 e. The molecule has 2 aromatic carbocycles. The summed E-state index contributed by atoms with van der Waals surface area (Å²) >= 11 is 0. The summed E-state index contributed by atoms with van der Waals surface area (Å²) < 4.78 is 0. The second kappa shape index (κ2) is 7.01. The van der Waals surface area contributed by atoms with E-state index in [-0.39, 0.29) is 5.78 Å². The highest BCUT2D eigenvalue weighted by Gasteiger charge is 2.10. The molecule has 0 atom stereocenters. The molecule has 2 rings (SSSR count). The van der Waals surface area contributed by atoms with Crippen molar-refractivity contribution in [1.82, 2.24) is 0 Å². The molecular weight excluding hydrogens is 246 g/mol. The molecule has 104 valence electrons. The minimum Gasteiger partial charge on any atom is -0.326 e. The normalized spacial score (nSPS) is 10.5. The van der Waals surface area contributed by atoms with Crippen molar-refractivity contribution in [3.05, 3.63) is 70.8 Å². The lowest BCUT2D eigenvalue weighted by atomic mass is 9.97. The Morgan fingerprint density at radius 1 is 1.05 bits per heavy atom. The van der Waals surface area contributed by atoms with Crippen molar-refractivity contribution in [1.29, 1.82) is 0 Å². The predicted octanol–water partition coefficient (Wildman–Crippen LogP) is 3.52. The van der Waals surface area contributed by atoms with Gasteiger partial charge in [0.1, 0.15) is 0 Å². The Morgan fingerprint density at radius 3 is 2.50 bits per heavy atom. The molecule has 2 N–H and O–H groups in total. The summed E-state index contributed by atoms with van der Waals surface area (Å²) in [6.07, 6.45) is 2.52. The van der Waals surface area contributed by atoms with Gasteiger partial charge >= 0.3 is 0 Å². The van der Waals surface area contributed by atoms with Crippen molar-refractivity contribution in [3.63, 3.8) is 0 Å². The van der Waals surface area contributed by atoms with Gasteiger partial charge in [0.2, 0.25) is 0 Å². The summed E-state index contributed by atoms with van der Waals surface area (Å²) in [6.45, 7) is 2.62. The molecule has 0 spiro atoms. The fourth-order valence-electron chi connectivity index (χ4n) is 2.39. The molecule has 0 aromatic heterocycles. The smallest absolute Gasteiger partial charge is 0.167 e. The molecule has 0 fully saturated rings. The number of carbonyl (C=O) groups is 1. The van der Waals surface area contributed by atoms with Crippen LogP contribution >= 0.6 is 0 Å². The molecule has 2 aromatic rings. The lowest BCUT2D eigenvalue weighted by Gasteiger charge is -2.08. The summed E-state index contributed by atoms with van der Waals surface area (Å²) in [5, 5.41) is 0. The van der Waals surface area contributed by atoms with E-state index in [0.29, 0.717) is 13.0 Å². The number of aryl methyl sites for hydroxylation is 1. The Morgan fingerprint density at radius 2 is 1.80 bits per heavy atom. The molecule has 20 heavy (non-hydrogen) atoms. The number of nitrogens with two attached hydrogens (primary N) is 1. The number of hydrogen-bond donors (Lipinski definition) is 1. The predicted molar refractivity (Wildman–Crippen MR) is 82.8 cm³/mol. The highest BCUT2D eigenvalue weighted by molar-refractivity contribution is 5.97. The molecule has 0 amide bonds. The van der Waals surface area contributed by atoms with E-state index in [9.17, 15) is 4.79 Å². The monoisotopic (exact) mass is 267 g/mol. The number of rotatable bonds is 6. The second-order valence-corrected chi connectivity index (χ2v) is 5.02. The average Bonchev–Trinajstić information content (AvgIpc) is 2.48. The van der Waals surface area contributed by atoms with E-state index in [1.807, 2.05) is 42.5 Å². The minimum atomic E-state index is 0.156. The Hall–Kier alpha value is -1.93. The van der Waals surface area contributed by atoms with Crippen LogP contribution in [0.15, 0.2) is 48.5 Å². The van der Waals surface area contributed by atoms with Crippen LogP contribution in [0.1, 0.15) is 40.4 Å². The summed E-state index contributed by atoms with van der Waals surface area (Å²) in [5.41, 5.74) is 9.81. The van der Waals surface area contributed by atoms with Gasteiger partial charge in [0, 0.05) is 18.5 Å². The standard InChI is InChI=1S/C18H21NO/c1-2-6-14-7-5-10-16(11-14)18(20)12-15-8-3-4-9-17(15)13-19/h3-5,7-11H,2,6,12-13,19H2,1H3. The topological polar surface area (TPSA) is 43.1 Å². The number of ketones is 1. The van der Waals surface area contributed by atoms with E-state index in [2.05, 4.69) is 13.0 Å². The summed E-state index contributed by atoms with van der Waals surface area (Å²) in [7, 11) is 0. The first kappa shape index (κ1) is 14.5. The number of Topliss-reactive ketones (excluding diaryl/α,β-unsaturated/α-hetero) is 1. The van der Waals surface area contributed by atoms with E-state index in [1.54, 1.807) is 0 Å². The molecule has 0 saturated carbocycles. The lowest BCUT2D eigenvalue weighted by Crippen LogP contribution is -2.08. The van der Waals surface area contributed by atoms with Crippen LogP contribution in [-0.2, 0) is 19.4 Å². The van der Waals surface area contributed by atoms with Crippen LogP contribution in [-0.4, -0.2) is 5.78 Å². The van der Waals surface area contributed by atoms with Crippen LogP contribution in [0.3, 0.4) is 0 Å². The number of carbonyl (C=O) groups excluding carboxylic acids is 1. The van der Waals surface area contributed by atoms with E-state index in [4.69, 9.17) is 5.73 Å². The van der Waals surface area contributed by atoms with Crippen LogP contribution in [0.5, 0.6) is 0 Å². The van der Waals surface area contributed by atoms with Crippen molar-refractivity contribution >= 4 is 5.78 Å². The fourth-order valence-corrected chi connectivity index (χ4v) is 2.39. The zero-order valence-corrected chi connectivity index (χ0v) is 11.9. The van der Waals surface area contributed by atoms with Gasteiger partial charge < -0.3 is 5.73 Å². The van der Waals surface area contributed by atoms with Crippen molar-refractivity contribution in [2.45, 2.75) is 32.7 Å². The van der Waals surface area contributed by atoms with Gasteiger partial charge in [-0.3, -0.25) is 4.79 Å². The Kier molecular flexibility index (Phi) is 5.08. The van der Waals surface area contributed by atoms with Crippen LogP contribution in [0.2, 0.25) is 0 Å². The van der Waals surface area contributed by atoms with E-state index >= 15 is 0 Å². The van der Waals surface area contributed by atoms with Gasteiger partial charge in [0.15, 0.2) is 5.78 Å². The summed E-state index contributed by atoms with van der Waals surface area (Å²) in [5.74, 6) is 0.156. The average molecular weight is 267 g/mol. The maximum absolute atomic E-state index is 12.4. The van der Waals surface area contributed by atoms with Crippen LogP contribution in [0.25, 0.3) is 0 Å². The van der Waals surface area contributed by atoms with Crippen molar-refractivity contribution in [2.24, 2.45) is 5.73 Å². The molecule has 0 aliphatic heterocycles. The van der Waals surface area contributed by atoms with Gasteiger partial charge in [-0.1, -0.05) is 55.8 Å². The highest BCUT2D eigenvalue weighted by atomic mass is 16.1. The fraction of sp³-hybridized carbons (Fsp3) is 0.278. The molecule has 0 heterocycles. The minimum absolute atomic E-state index is 0.156. The molecule has 2 nitrogen and oxygen atoms in total. The highest BCUT2D eigenvalue weighted by Crippen LogP contribution is 2.14. The number of hydrogen-bond acceptors (Lipinski definition) is 2. The zero-order chi connectivity index (χ0) is 14.4. The SMILES string of the molecule is CCCc1cccc(C(=O)Cc2ccccc2CN)c1. The first-order valence-corrected chi connectivity index (χ1v) is 7.13. The molecular formula is C18H21NO. The second-order valence-electron chi connectivity index (χ2n) is 5.02. The first-order chi connectivity index (χ1) is 9.74. The molecule has 0 unspecified atom stereocenters. The van der Waals surface area contributed by atoms with Gasteiger partial charge in [0.25, 0.3) is 0 Å². The molecule has 0 bridgehead atoms. The third-order valence-electron chi connectivity index (χ3n) is 3.48. The third-order valence-corrected chi connectivity index (χ3v) is 3.48. The van der Waals surface area contributed by atoms with Crippen LogP contribution in [0, 0.1) is 0 Å². The van der Waals surface area contributed by atoms with Gasteiger partial charge in [-0.25, -0.2) is 0 Å². The van der Waals surface area contributed by atoms with Gasteiger partial charge in [-0.05, 0) is 29.2 Å². The Balaban J connectivity index is 2.17. The van der Waals surface area contributed by atoms with Crippen molar-refractivity contribution in [2.75, 3.05) is 0 Å². The van der Waals surface area contributed by atoms with E-state index in [1.165, 1.54) is 5.56 Å². The van der Waals surface area contributed by atoms with Gasteiger partial charge in [0.05, 0.1) is 0 Å². The van der Waals surface area contributed by atoms with Crippen LogP contribution < -0.4 is 5.73 Å². The van der Waals surface area contributed by atoms with Crippen LogP contribution in [0.4, 0.5) is 0 Å². The van der Waals surface area contributed by atoms with Crippen molar-refractivity contribution < 1.29 is 4.79 Å². The third kappa shape index (κ3) is 3.55. The van der Waals surface area contributed by atoms with Gasteiger partial charge in [-0.2, -0.15) is 0 Å². The first-order valence-electron chi connectivity index (χ1n) is 7.13. The summed E-state index contributed by atoms with van der Waals surface area (Å²) in [4.78, 5) is 12.4. The maximum atomic E-state index is 12.4. The molecule has 0 radical (unpaired) electrons. The lowest BCUT2D eigenvalue weighted by molar-refractivity contribution is 0.0992. The van der Waals surface area contributed by atoms with Crippen molar-refractivity contribution in [3.8, 4) is 0 Å². The quantitative estimate of drug-likeness (QED) is 0.814. The Labute approximate surface area is 120 Å². The molecule has 0 aliphatic carbocycles. The largest absolute Gasteiger partial charge is 0.326 e.